The maximum Gasteiger partial charge on any atom is 0.255 e. The predicted molar refractivity (Wildman–Crippen MR) is 169 cm³/mol. The van der Waals surface area contributed by atoms with E-state index in [2.05, 4.69) is 37.9 Å². The zero-order chi connectivity index (χ0) is 30.6. The zero-order valence-corrected chi connectivity index (χ0v) is 25.5. The number of fused-ring (bicyclic) bond motifs is 1. The number of nitrogens with two attached hydrogens (primary N) is 1. The fraction of sp³-hybridized carbons (Fsp3) is 0.500. The first-order valence-corrected chi connectivity index (χ1v) is 15.8. The number of ether oxygens (including phenoxy) is 1. The molecule has 3 fully saturated rings. The number of unbranched alkanes of at least 4 members (excludes halogenated alkanes) is 1. The van der Waals surface area contributed by atoms with Gasteiger partial charge in [-0.3, -0.25) is 24.6 Å². The van der Waals surface area contributed by atoms with Crippen LogP contribution in [0.2, 0.25) is 0 Å². The number of hydrogen-bond donors (Lipinski definition) is 2. The van der Waals surface area contributed by atoms with Crippen LogP contribution in [0.1, 0.15) is 60.0 Å². The molecule has 3 saturated heterocycles. The summed E-state index contributed by atoms with van der Waals surface area (Å²) in [5.74, 6) is 6.50. The number of imide groups is 1. The molecule has 3 amide bonds. The summed E-state index contributed by atoms with van der Waals surface area (Å²) < 4.78 is 5.41. The number of carbonyl (C=O) groups excluding carboxylic acids is 3. The normalized spacial score (nSPS) is 21.6. The van der Waals surface area contributed by atoms with Gasteiger partial charge >= 0.3 is 0 Å². The summed E-state index contributed by atoms with van der Waals surface area (Å²) in [5, 5.41) is 2.35. The highest BCUT2D eigenvalue weighted by molar-refractivity contribution is 6.05. The van der Waals surface area contributed by atoms with Crippen molar-refractivity contribution in [1.29, 1.82) is 0 Å². The van der Waals surface area contributed by atoms with E-state index in [9.17, 15) is 14.4 Å². The highest BCUT2D eigenvalue weighted by Crippen LogP contribution is 2.31. The SMILES string of the molecule is COc1cc(N2CCC(N3CCN(CCCC#Cc4ccc5c(c4)CN(C4CCC(=O)NC4=O)C5=O)CC3)CC2)ccc1N. The molecule has 10 heteroatoms. The van der Waals surface area contributed by atoms with Crippen LogP contribution in [0.3, 0.4) is 0 Å². The van der Waals surface area contributed by atoms with Gasteiger partial charge in [-0.15, -0.1) is 0 Å². The lowest BCUT2D eigenvalue weighted by Gasteiger charge is -2.43. The minimum absolute atomic E-state index is 0.154. The number of amides is 3. The summed E-state index contributed by atoms with van der Waals surface area (Å²) >= 11 is 0. The number of rotatable bonds is 7. The molecule has 0 spiro atoms. The predicted octanol–water partition coefficient (Wildman–Crippen LogP) is 2.46. The van der Waals surface area contributed by atoms with E-state index < -0.39 is 6.04 Å². The van der Waals surface area contributed by atoms with Crippen LogP contribution in [0.5, 0.6) is 5.75 Å². The van der Waals surface area contributed by atoms with Gasteiger partial charge in [-0.05, 0) is 68.1 Å². The number of methoxy groups -OCH3 is 1. The molecule has 0 saturated carbocycles. The maximum atomic E-state index is 12.9. The van der Waals surface area contributed by atoms with E-state index in [1.54, 1.807) is 12.0 Å². The summed E-state index contributed by atoms with van der Waals surface area (Å²) in [7, 11) is 1.66. The number of nitrogens with one attached hydrogen (secondary N) is 1. The van der Waals surface area contributed by atoms with Crippen LogP contribution in [-0.2, 0) is 16.1 Å². The molecule has 2 aromatic rings. The Hall–Kier alpha value is -4.07. The summed E-state index contributed by atoms with van der Waals surface area (Å²) in [4.78, 5) is 45.9. The summed E-state index contributed by atoms with van der Waals surface area (Å²) in [6, 6.07) is 11.8. The van der Waals surface area contributed by atoms with Crippen LogP contribution in [0.15, 0.2) is 36.4 Å². The van der Waals surface area contributed by atoms with Gasteiger partial charge in [0.25, 0.3) is 5.91 Å². The molecule has 232 valence electrons. The molecular weight excluding hydrogens is 556 g/mol. The number of hydrogen-bond acceptors (Lipinski definition) is 8. The number of anilines is 2. The van der Waals surface area contributed by atoms with E-state index in [4.69, 9.17) is 10.5 Å². The van der Waals surface area contributed by atoms with Crippen molar-refractivity contribution in [3.05, 3.63) is 53.1 Å². The third kappa shape index (κ3) is 6.54. The molecule has 1 atom stereocenters. The molecule has 0 bridgehead atoms. The van der Waals surface area contributed by atoms with Gasteiger partial charge in [-0.2, -0.15) is 0 Å². The minimum Gasteiger partial charge on any atom is -0.495 e. The Balaban J connectivity index is 0.907. The van der Waals surface area contributed by atoms with E-state index >= 15 is 0 Å². The standard InChI is InChI=1S/C34H42N6O4/c1-44-31-22-27(7-9-29(31)35)38-15-12-26(13-16-38)39-19-17-37(18-20-39)14-4-2-3-5-24-6-8-28-25(21-24)23-40(34(28)43)30-10-11-32(41)36-33(30)42/h6-9,21-22,26,30H,2,4,10-20,23,35H2,1H3,(H,36,41,42). The van der Waals surface area contributed by atoms with Crippen molar-refractivity contribution in [1.82, 2.24) is 20.0 Å². The molecule has 2 aromatic carbocycles. The highest BCUT2D eigenvalue weighted by Gasteiger charge is 2.39. The van der Waals surface area contributed by atoms with Gasteiger partial charge in [-0.25, -0.2) is 0 Å². The number of carbonyl (C=O) groups is 3. The highest BCUT2D eigenvalue weighted by atomic mass is 16.5. The van der Waals surface area contributed by atoms with Crippen LogP contribution >= 0.6 is 0 Å². The quantitative estimate of drug-likeness (QED) is 0.217. The Labute approximate surface area is 259 Å². The number of piperidine rings is 2. The van der Waals surface area contributed by atoms with Crippen molar-refractivity contribution in [3.63, 3.8) is 0 Å². The zero-order valence-electron chi connectivity index (χ0n) is 25.5. The first kappa shape index (κ1) is 30.0. The van der Waals surface area contributed by atoms with Crippen LogP contribution in [-0.4, -0.2) is 97.4 Å². The fourth-order valence-electron chi connectivity index (χ4n) is 6.95. The average molecular weight is 599 g/mol. The number of piperazine rings is 1. The summed E-state index contributed by atoms with van der Waals surface area (Å²) in [6.45, 7) is 7.98. The van der Waals surface area contributed by atoms with E-state index in [1.807, 2.05) is 30.3 Å². The van der Waals surface area contributed by atoms with Gasteiger partial charge in [0.2, 0.25) is 11.8 Å². The Morgan fingerprint density at radius 1 is 0.977 bits per heavy atom. The molecule has 1 unspecified atom stereocenters. The lowest BCUT2D eigenvalue weighted by molar-refractivity contribution is -0.136. The Morgan fingerprint density at radius 3 is 2.52 bits per heavy atom. The van der Waals surface area contributed by atoms with Gasteiger partial charge in [0.05, 0.1) is 12.8 Å². The molecule has 4 aliphatic heterocycles. The molecule has 0 aromatic heterocycles. The molecule has 44 heavy (non-hydrogen) atoms. The van der Waals surface area contributed by atoms with Crippen LogP contribution < -0.4 is 20.7 Å². The van der Waals surface area contributed by atoms with Crippen molar-refractivity contribution >= 4 is 29.1 Å². The van der Waals surface area contributed by atoms with Gasteiger partial charge in [-0.1, -0.05) is 11.8 Å². The van der Waals surface area contributed by atoms with Crippen LogP contribution in [0.4, 0.5) is 11.4 Å². The van der Waals surface area contributed by atoms with E-state index in [0.717, 1.165) is 75.5 Å². The maximum absolute atomic E-state index is 12.9. The van der Waals surface area contributed by atoms with Crippen molar-refractivity contribution in [2.75, 3.05) is 63.6 Å². The molecule has 3 N–H and O–H groups in total. The smallest absolute Gasteiger partial charge is 0.255 e. The minimum atomic E-state index is -0.595. The molecule has 6 rings (SSSR count). The second-order valence-electron chi connectivity index (χ2n) is 12.2. The number of nitrogen functional groups attached to an aromatic ring is 1. The fourth-order valence-corrected chi connectivity index (χ4v) is 6.95. The van der Waals surface area contributed by atoms with Crippen molar-refractivity contribution in [2.45, 2.75) is 57.2 Å². The first-order chi connectivity index (χ1) is 21.4. The average Bonchev–Trinajstić information content (AvgIpc) is 3.36. The molecule has 4 heterocycles. The van der Waals surface area contributed by atoms with E-state index in [0.29, 0.717) is 30.3 Å². The van der Waals surface area contributed by atoms with Crippen molar-refractivity contribution < 1.29 is 19.1 Å². The molecule has 0 radical (unpaired) electrons. The van der Waals surface area contributed by atoms with Crippen molar-refractivity contribution in [3.8, 4) is 17.6 Å². The molecule has 10 nitrogen and oxygen atoms in total. The van der Waals surface area contributed by atoms with Gasteiger partial charge in [0.1, 0.15) is 11.8 Å². The second kappa shape index (κ2) is 13.3. The Kier molecular flexibility index (Phi) is 9.05. The van der Waals surface area contributed by atoms with E-state index in [1.165, 1.54) is 18.5 Å². The second-order valence-corrected chi connectivity index (χ2v) is 12.2. The summed E-state index contributed by atoms with van der Waals surface area (Å²) in [6.07, 6.45) is 4.83. The van der Waals surface area contributed by atoms with Crippen LogP contribution in [0, 0.1) is 11.8 Å². The molecule has 4 aliphatic rings. The number of benzene rings is 2. The molecular formula is C34H42N6O4. The lowest BCUT2D eigenvalue weighted by atomic mass is 10.0. The largest absolute Gasteiger partial charge is 0.495 e. The van der Waals surface area contributed by atoms with Gasteiger partial charge in [0, 0.05) is 87.6 Å². The monoisotopic (exact) mass is 598 g/mol. The van der Waals surface area contributed by atoms with Gasteiger partial charge < -0.3 is 25.2 Å². The third-order valence-electron chi connectivity index (χ3n) is 9.50. The van der Waals surface area contributed by atoms with E-state index in [-0.39, 0.29) is 24.1 Å². The van der Waals surface area contributed by atoms with Gasteiger partial charge in [0.15, 0.2) is 0 Å². The first-order valence-electron chi connectivity index (χ1n) is 15.8. The van der Waals surface area contributed by atoms with Crippen LogP contribution in [0.25, 0.3) is 0 Å². The Morgan fingerprint density at radius 2 is 1.77 bits per heavy atom. The topological polar surface area (TPSA) is 111 Å². The van der Waals surface area contributed by atoms with Crippen molar-refractivity contribution in [2.24, 2.45) is 0 Å². The lowest BCUT2D eigenvalue weighted by Crippen LogP contribution is -2.53. The Bertz CT molecular complexity index is 1470. The summed E-state index contributed by atoms with van der Waals surface area (Å²) in [5.41, 5.74) is 10.2. The molecule has 0 aliphatic carbocycles. The number of nitrogens with zero attached hydrogens (tertiary/aromatic N) is 4. The third-order valence-corrected chi connectivity index (χ3v) is 9.50.